The summed E-state index contributed by atoms with van der Waals surface area (Å²) in [4.78, 5) is 27.3. The van der Waals surface area contributed by atoms with E-state index >= 15 is 0 Å². The first kappa shape index (κ1) is 22.4. The van der Waals surface area contributed by atoms with Crippen LogP contribution in [0, 0.1) is 26.6 Å². The summed E-state index contributed by atoms with van der Waals surface area (Å²) in [5, 5.41) is 0.953. The van der Waals surface area contributed by atoms with Crippen LogP contribution < -0.4 is 5.56 Å². The van der Waals surface area contributed by atoms with E-state index in [1.165, 1.54) is 0 Å². The van der Waals surface area contributed by atoms with Crippen LogP contribution in [0.2, 0.25) is 0 Å². The van der Waals surface area contributed by atoms with Crippen molar-refractivity contribution >= 4 is 11.0 Å². The first-order valence-corrected chi connectivity index (χ1v) is 11.9. The highest BCUT2D eigenvalue weighted by molar-refractivity contribution is 5.76. The van der Waals surface area contributed by atoms with Crippen molar-refractivity contribution in [3.05, 3.63) is 98.7 Å². The highest BCUT2D eigenvalue weighted by atomic mass is 19.1. The van der Waals surface area contributed by atoms with E-state index in [1.807, 2.05) is 45.0 Å². The summed E-state index contributed by atoms with van der Waals surface area (Å²) in [5.74, 6) is 0.236. The number of halogens is 1. The lowest BCUT2D eigenvalue weighted by atomic mass is 9.75. The first-order valence-electron chi connectivity index (χ1n) is 11.9. The van der Waals surface area contributed by atoms with Crippen molar-refractivity contribution in [3.8, 4) is 0 Å². The van der Waals surface area contributed by atoms with Crippen LogP contribution in [0.1, 0.15) is 71.3 Å². The van der Waals surface area contributed by atoms with Gasteiger partial charge >= 0.3 is 0 Å². The van der Waals surface area contributed by atoms with Gasteiger partial charge in [0.05, 0.1) is 17.9 Å². The molecule has 0 bridgehead atoms. The van der Waals surface area contributed by atoms with Gasteiger partial charge in [0.25, 0.3) is 5.56 Å². The Bertz CT molecular complexity index is 1400. The molecule has 0 saturated heterocycles. The quantitative estimate of drug-likeness (QED) is 0.393. The number of aromatic nitrogens is 4. The third-order valence-corrected chi connectivity index (χ3v) is 7.24. The first-order chi connectivity index (χ1) is 16.4. The fourth-order valence-electron chi connectivity index (χ4n) is 5.40. The van der Waals surface area contributed by atoms with E-state index in [0.29, 0.717) is 12.2 Å². The third kappa shape index (κ3) is 4.13. The Labute approximate surface area is 198 Å². The van der Waals surface area contributed by atoms with Gasteiger partial charge in [0.1, 0.15) is 11.5 Å². The summed E-state index contributed by atoms with van der Waals surface area (Å²) < 4.78 is 16.3. The summed E-state index contributed by atoms with van der Waals surface area (Å²) in [6, 6.07) is 11.3. The van der Waals surface area contributed by atoms with Gasteiger partial charge in [-0.15, -0.1) is 0 Å². The van der Waals surface area contributed by atoms with Crippen LogP contribution in [0.15, 0.2) is 53.6 Å². The van der Waals surface area contributed by atoms with Gasteiger partial charge in [-0.05, 0) is 93.7 Å². The van der Waals surface area contributed by atoms with Crippen LogP contribution in [-0.4, -0.2) is 19.5 Å². The normalized spacial score (nSPS) is 18.4. The lowest BCUT2D eigenvalue weighted by Gasteiger charge is -2.30. The molecule has 1 fully saturated rings. The minimum atomic E-state index is -0.114. The van der Waals surface area contributed by atoms with Gasteiger partial charge in [-0.2, -0.15) is 0 Å². The number of benzene rings is 1. The molecule has 1 aromatic carbocycles. The van der Waals surface area contributed by atoms with Crippen LogP contribution >= 0.6 is 0 Å². The van der Waals surface area contributed by atoms with E-state index in [4.69, 9.17) is 4.98 Å². The van der Waals surface area contributed by atoms with Crippen molar-refractivity contribution in [3.63, 3.8) is 0 Å². The van der Waals surface area contributed by atoms with E-state index in [-0.39, 0.29) is 23.2 Å². The Morgan fingerprint density at radius 3 is 2.44 bits per heavy atom. The molecule has 4 aromatic rings. The molecule has 0 spiro atoms. The smallest absolute Gasteiger partial charge is 0.256 e. The molecule has 34 heavy (non-hydrogen) atoms. The monoisotopic (exact) mass is 456 g/mol. The molecule has 1 aliphatic carbocycles. The molecule has 0 amide bonds. The standard InChI is InChI=1S/C28H29FN4O/c1-17-5-4-6-24(29)26(17)21-11-9-20(10-12-21)23-15-22-8-7-18(2)32-27(22)33(28(23)34)16-25-19(3)30-13-14-31-25/h4-8,13-15,20-21H,9-12,16H2,1-3H3. The number of rotatable bonds is 4. The summed E-state index contributed by atoms with van der Waals surface area (Å²) in [6.45, 7) is 6.16. The van der Waals surface area contributed by atoms with Crippen molar-refractivity contribution in [1.29, 1.82) is 0 Å². The van der Waals surface area contributed by atoms with Crippen molar-refractivity contribution in [2.45, 2.75) is 64.8 Å². The number of aryl methyl sites for hydroxylation is 3. The number of nitrogens with zero attached hydrogens (tertiary/aromatic N) is 4. The number of fused-ring (bicyclic) bond motifs is 1. The molecule has 0 aliphatic heterocycles. The Balaban J connectivity index is 1.51. The van der Waals surface area contributed by atoms with Crippen LogP contribution in [0.4, 0.5) is 4.39 Å². The average molecular weight is 457 g/mol. The van der Waals surface area contributed by atoms with E-state index < -0.39 is 0 Å². The molecule has 0 radical (unpaired) electrons. The predicted molar refractivity (Wildman–Crippen MR) is 132 cm³/mol. The number of hydrogen-bond acceptors (Lipinski definition) is 4. The van der Waals surface area contributed by atoms with Gasteiger partial charge in [0, 0.05) is 29.0 Å². The van der Waals surface area contributed by atoms with Crippen molar-refractivity contribution in [2.75, 3.05) is 0 Å². The second kappa shape index (κ2) is 9.09. The van der Waals surface area contributed by atoms with Crippen molar-refractivity contribution in [1.82, 2.24) is 19.5 Å². The zero-order chi connectivity index (χ0) is 23.8. The predicted octanol–water partition coefficient (Wildman–Crippen LogP) is 5.74. The number of hydrogen-bond donors (Lipinski definition) is 0. The average Bonchev–Trinajstić information content (AvgIpc) is 2.82. The molecule has 1 saturated carbocycles. The van der Waals surface area contributed by atoms with Gasteiger partial charge in [-0.25, -0.2) is 9.37 Å². The molecule has 174 valence electrons. The highest BCUT2D eigenvalue weighted by Crippen LogP contribution is 2.41. The van der Waals surface area contributed by atoms with Gasteiger partial charge in [0.15, 0.2) is 0 Å². The van der Waals surface area contributed by atoms with Crippen LogP contribution in [0.5, 0.6) is 0 Å². The lowest BCUT2D eigenvalue weighted by molar-refractivity contribution is 0.384. The summed E-state index contributed by atoms with van der Waals surface area (Å²) >= 11 is 0. The maximum absolute atomic E-state index is 14.5. The molecule has 0 N–H and O–H groups in total. The molecule has 3 heterocycles. The number of pyridine rings is 2. The summed E-state index contributed by atoms with van der Waals surface area (Å²) in [6.07, 6.45) is 6.79. The zero-order valence-corrected chi connectivity index (χ0v) is 19.9. The van der Waals surface area contributed by atoms with Crippen LogP contribution in [0.25, 0.3) is 11.0 Å². The van der Waals surface area contributed by atoms with Gasteiger partial charge in [0.2, 0.25) is 0 Å². The second-order valence-corrected chi connectivity index (χ2v) is 9.46. The Morgan fingerprint density at radius 2 is 1.71 bits per heavy atom. The maximum atomic E-state index is 14.5. The SMILES string of the molecule is Cc1ccc2cc(C3CCC(c4c(C)cccc4F)CC3)c(=O)n(Cc3nccnc3C)c2n1. The van der Waals surface area contributed by atoms with Crippen molar-refractivity contribution < 1.29 is 4.39 Å². The van der Waals surface area contributed by atoms with Gasteiger partial charge in [-0.1, -0.05) is 12.1 Å². The Morgan fingerprint density at radius 1 is 0.971 bits per heavy atom. The Hall–Kier alpha value is -3.41. The minimum absolute atomic E-state index is 0.0128. The molecular weight excluding hydrogens is 427 g/mol. The topological polar surface area (TPSA) is 60.7 Å². The molecule has 5 nitrogen and oxygen atoms in total. The van der Waals surface area contributed by atoms with Gasteiger partial charge < -0.3 is 0 Å². The summed E-state index contributed by atoms with van der Waals surface area (Å²) in [7, 11) is 0. The minimum Gasteiger partial charge on any atom is -0.286 e. The fraction of sp³-hybridized carbons (Fsp3) is 0.357. The zero-order valence-electron chi connectivity index (χ0n) is 19.9. The molecule has 5 rings (SSSR count). The second-order valence-electron chi connectivity index (χ2n) is 9.46. The Kier molecular flexibility index (Phi) is 5.98. The maximum Gasteiger partial charge on any atom is 0.256 e. The molecule has 6 heteroatoms. The van der Waals surface area contributed by atoms with E-state index in [0.717, 1.165) is 64.8 Å². The molecule has 0 unspecified atom stereocenters. The van der Waals surface area contributed by atoms with E-state index in [9.17, 15) is 9.18 Å². The van der Waals surface area contributed by atoms with Gasteiger partial charge in [-0.3, -0.25) is 19.3 Å². The third-order valence-electron chi connectivity index (χ3n) is 7.24. The molecule has 3 aromatic heterocycles. The van der Waals surface area contributed by atoms with Crippen LogP contribution in [-0.2, 0) is 6.54 Å². The van der Waals surface area contributed by atoms with Crippen LogP contribution in [0.3, 0.4) is 0 Å². The van der Waals surface area contributed by atoms with E-state index in [1.54, 1.807) is 29.1 Å². The van der Waals surface area contributed by atoms with Crippen molar-refractivity contribution in [2.24, 2.45) is 0 Å². The molecular formula is C28H29FN4O. The largest absolute Gasteiger partial charge is 0.286 e. The highest BCUT2D eigenvalue weighted by Gasteiger charge is 2.28. The van der Waals surface area contributed by atoms with E-state index in [2.05, 4.69) is 9.97 Å². The summed E-state index contributed by atoms with van der Waals surface area (Å²) in [5.41, 5.74) is 5.78. The fourth-order valence-corrected chi connectivity index (χ4v) is 5.40. The lowest BCUT2D eigenvalue weighted by Crippen LogP contribution is -2.29. The molecule has 1 aliphatic rings. The molecule has 0 atom stereocenters.